The molecule has 0 bridgehead atoms. The van der Waals surface area contributed by atoms with Crippen LogP contribution in [0.4, 0.5) is 5.69 Å². The molecule has 1 fully saturated rings. The van der Waals surface area contributed by atoms with E-state index in [1.54, 1.807) is 36.4 Å². The van der Waals surface area contributed by atoms with Crippen LogP contribution in [0.25, 0.3) is 6.08 Å². The molecule has 2 aromatic rings. The Hall–Kier alpha value is -3.61. The van der Waals surface area contributed by atoms with E-state index >= 15 is 0 Å². The van der Waals surface area contributed by atoms with Gasteiger partial charge in [-0.2, -0.15) is 9.57 Å². The number of hydrogen-bond acceptors (Lipinski definition) is 6. The quantitative estimate of drug-likeness (QED) is 0.330. The van der Waals surface area contributed by atoms with E-state index in [-0.39, 0.29) is 16.2 Å². The molecule has 1 N–H and O–H groups in total. The molecular formula is C25H27N3O5S. The van der Waals surface area contributed by atoms with Crippen molar-refractivity contribution in [3.63, 3.8) is 0 Å². The zero-order valence-electron chi connectivity index (χ0n) is 19.0. The van der Waals surface area contributed by atoms with Gasteiger partial charge in [0.2, 0.25) is 10.0 Å². The summed E-state index contributed by atoms with van der Waals surface area (Å²) in [7, 11) is -2.15. The smallest absolute Gasteiger partial charge is 0.266 e. The molecule has 1 heterocycles. The Labute approximate surface area is 200 Å². The summed E-state index contributed by atoms with van der Waals surface area (Å²) in [6.45, 7) is 4.89. The Kier molecular flexibility index (Phi) is 8.46. The van der Waals surface area contributed by atoms with Gasteiger partial charge in [0.15, 0.2) is 11.5 Å². The predicted molar refractivity (Wildman–Crippen MR) is 130 cm³/mol. The van der Waals surface area contributed by atoms with Crippen LogP contribution >= 0.6 is 0 Å². The highest BCUT2D eigenvalue weighted by atomic mass is 32.2. The number of methoxy groups -OCH3 is 1. The van der Waals surface area contributed by atoms with Crippen molar-refractivity contribution in [1.82, 2.24) is 4.31 Å². The molecule has 1 saturated heterocycles. The topological polar surface area (TPSA) is 109 Å². The lowest BCUT2D eigenvalue weighted by Crippen LogP contribution is -2.35. The van der Waals surface area contributed by atoms with Crippen LogP contribution < -0.4 is 14.8 Å². The van der Waals surface area contributed by atoms with Gasteiger partial charge in [-0.25, -0.2) is 8.42 Å². The minimum atomic E-state index is -3.64. The minimum Gasteiger partial charge on any atom is -0.493 e. The first kappa shape index (κ1) is 25.0. The zero-order chi connectivity index (χ0) is 24.6. The Morgan fingerprint density at radius 3 is 2.62 bits per heavy atom. The highest BCUT2D eigenvalue weighted by Gasteiger charge is 2.26. The van der Waals surface area contributed by atoms with Crippen molar-refractivity contribution in [2.45, 2.75) is 24.2 Å². The molecule has 0 atom stereocenters. The van der Waals surface area contributed by atoms with Crippen LogP contribution in [0.1, 0.15) is 24.8 Å². The van der Waals surface area contributed by atoms with Gasteiger partial charge in [0, 0.05) is 18.8 Å². The van der Waals surface area contributed by atoms with E-state index in [4.69, 9.17) is 9.47 Å². The average Bonchev–Trinajstić information content (AvgIpc) is 2.86. The fourth-order valence-electron chi connectivity index (χ4n) is 3.54. The number of nitrogens with zero attached hydrogens (tertiary/aromatic N) is 2. The van der Waals surface area contributed by atoms with Crippen LogP contribution in [-0.4, -0.2) is 45.4 Å². The minimum absolute atomic E-state index is 0.106. The maximum atomic E-state index is 12.9. The number of carbonyl (C=O) groups excluding carboxylic acids is 1. The molecule has 2 aromatic carbocycles. The summed E-state index contributed by atoms with van der Waals surface area (Å²) >= 11 is 0. The molecule has 0 saturated carbocycles. The first-order chi connectivity index (χ1) is 16.4. The number of nitriles is 1. The van der Waals surface area contributed by atoms with E-state index in [0.29, 0.717) is 36.8 Å². The van der Waals surface area contributed by atoms with Crippen molar-refractivity contribution in [3.8, 4) is 17.6 Å². The number of hydrogen-bond donors (Lipinski definition) is 1. The fraction of sp³-hybridized carbons (Fsp3) is 0.280. The molecule has 34 heavy (non-hydrogen) atoms. The number of amides is 1. The fourth-order valence-corrected chi connectivity index (χ4v) is 5.11. The van der Waals surface area contributed by atoms with E-state index < -0.39 is 15.9 Å². The lowest BCUT2D eigenvalue weighted by Gasteiger charge is -2.26. The molecule has 0 radical (unpaired) electrons. The highest BCUT2D eigenvalue weighted by Crippen LogP contribution is 2.29. The Morgan fingerprint density at radius 2 is 1.94 bits per heavy atom. The number of benzene rings is 2. The Bertz CT molecular complexity index is 1230. The Morgan fingerprint density at radius 1 is 1.18 bits per heavy atom. The number of nitrogens with one attached hydrogen (secondary N) is 1. The summed E-state index contributed by atoms with van der Waals surface area (Å²) in [6.07, 6.45) is 5.71. The Balaban J connectivity index is 1.79. The molecule has 0 aromatic heterocycles. The average molecular weight is 482 g/mol. The third-order valence-electron chi connectivity index (χ3n) is 5.27. The van der Waals surface area contributed by atoms with Crippen LogP contribution in [0.5, 0.6) is 11.5 Å². The van der Waals surface area contributed by atoms with Gasteiger partial charge in [0.05, 0.1) is 12.0 Å². The summed E-state index contributed by atoms with van der Waals surface area (Å²) in [6, 6.07) is 13.0. The highest BCUT2D eigenvalue weighted by molar-refractivity contribution is 7.89. The van der Waals surface area contributed by atoms with E-state index in [2.05, 4.69) is 11.9 Å². The zero-order valence-corrected chi connectivity index (χ0v) is 19.8. The molecule has 1 aliphatic heterocycles. The second-order valence-corrected chi connectivity index (χ2v) is 9.56. The van der Waals surface area contributed by atoms with E-state index in [1.807, 2.05) is 6.07 Å². The van der Waals surface area contributed by atoms with Crippen LogP contribution in [0, 0.1) is 11.3 Å². The summed E-state index contributed by atoms with van der Waals surface area (Å²) < 4.78 is 38.2. The van der Waals surface area contributed by atoms with E-state index in [0.717, 1.165) is 19.3 Å². The number of ether oxygens (including phenoxy) is 2. The third kappa shape index (κ3) is 6.04. The lowest BCUT2D eigenvalue weighted by molar-refractivity contribution is -0.112. The number of carbonyl (C=O) groups is 1. The second kappa shape index (κ2) is 11.5. The maximum absolute atomic E-state index is 12.9. The van der Waals surface area contributed by atoms with Gasteiger partial charge in [-0.05, 0) is 54.8 Å². The molecule has 8 nitrogen and oxygen atoms in total. The molecule has 0 unspecified atom stereocenters. The van der Waals surface area contributed by atoms with Crippen molar-refractivity contribution >= 4 is 27.7 Å². The molecule has 9 heteroatoms. The van der Waals surface area contributed by atoms with Crippen LogP contribution in [0.2, 0.25) is 0 Å². The van der Waals surface area contributed by atoms with Crippen molar-refractivity contribution in [3.05, 3.63) is 66.3 Å². The molecule has 178 valence electrons. The van der Waals surface area contributed by atoms with Crippen LogP contribution in [0.15, 0.2) is 65.6 Å². The summed E-state index contributed by atoms with van der Waals surface area (Å²) in [5.74, 6) is 0.305. The van der Waals surface area contributed by atoms with Gasteiger partial charge < -0.3 is 14.8 Å². The number of rotatable bonds is 9. The predicted octanol–water partition coefficient (Wildman–Crippen LogP) is 3.98. The maximum Gasteiger partial charge on any atom is 0.266 e. The van der Waals surface area contributed by atoms with Gasteiger partial charge >= 0.3 is 0 Å². The number of anilines is 1. The largest absolute Gasteiger partial charge is 0.493 e. The van der Waals surface area contributed by atoms with E-state index in [9.17, 15) is 18.5 Å². The van der Waals surface area contributed by atoms with Gasteiger partial charge in [-0.1, -0.05) is 31.2 Å². The second-order valence-electron chi connectivity index (χ2n) is 7.63. The standard InChI is InChI=1S/C25H27N3O5S/c1-3-14-33-23-11-10-19(16-24(23)32-2)15-20(18-26)25(29)27-21-8-7-9-22(17-21)34(30,31)28-12-5-4-6-13-28/h3,7-11,15-17H,1,4-6,12-14H2,2H3,(H,27,29)/b20-15+. The molecule has 3 rings (SSSR count). The normalized spacial score (nSPS) is 14.6. The lowest BCUT2D eigenvalue weighted by atomic mass is 10.1. The molecule has 0 aliphatic carbocycles. The van der Waals surface area contributed by atoms with Crippen LogP contribution in [-0.2, 0) is 14.8 Å². The molecule has 0 spiro atoms. The first-order valence-electron chi connectivity index (χ1n) is 10.8. The first-order valence-corrected chi connectivity index (χ1v) is 12.3. The van der Waals surface area contributed by atoms with Crippen molar-refractivity contribution in [1.29, 1.82) is 5.26 Å². The van der Waals surface area contributed by atoms with Gasteiger partial charge in [-0.15, -0.1) is 0 Å². The van der Waals surface area contributed by atoms with Gasteiger partial charge in [0.25, 0.3) is 5.91 Å². The van der Waals surface area contributed by atoms with Crippen LogP contribution in [0.3, 0.4) is 0 Å². The SMILES string of the molecule is C=CCOc1ccc(/C=C(\C#N)C(=O)Nc2cccc(S(=O)(=O)N3CCCCC3)c2)cc1OC. The number of sulfonamides is 1. The number of piperidine rings is 1. The third-order valence-corrected chi connectivity index (χ3v) is 7.16. The summed E-state index contributed by atoms with van der Waals surface area (Å²) in [5, 5.41) is 12.2. The van der Waals surface area contributed by atoms with Crippen molar-refractivity contribution < 1.29 is 22.7 Å². The van der Waals surface area contributed by atoms with Crippen molar-refractivity contribution in [2.24, 2.45) is 0 Å². The summed E-state index contributed by atoms with van der Waals surface area (Å²) in [4.78, 5) is 12.9. The monoisotopic (exact) mass is 481 g/mol. The van der Waals surface area contributed by atoms with E-state index in [1.165, 1.54) is 29.6 Å². The summed E-state index contributed by atoms with van der Waals surface area (Å²) in [5.41, 5.74) is 0.706. The van der Waals surface area contributed by atoms with Gasteiger partial charge in [0.1, 0.15) is 18.2 Å². The van der Waals surface area contributed by atoms with Gasteiger partial charge in [-0.3, -0.25) is 4.79 Å². The molecule has 1 amide bonds. The molecular weight excluding hydrogens is 454 g/mol. The molecule has 1 aliphatic rings. The van der Waals surface area contributed by atoms with Crippen molar-refractivity contribution in [2.75, 3.05) is 32.1 Å².